The Balaban J connectivity index is 3.00. The molecule has 2 heteroatoms. The van der Waals surface area contributed by atoms with Crippen molar-refractivity contribution in [3.63, 3.8) is 0 Å². The maximum Gasteiger partial charge on any atom is 0.116 e. The number of rotatable bonds is 2. The lowest BCUT2D eigenvalue weighted by atomic mass is 10.00. The van der Waals surface area contributed by atoms with Crippen LogP contribution in [0.3, 0.4) is 0 Å². The van der Waals surface area contributed by atoms with Crippen LogP contribution < -0.4 is 0 Å². The van der Waals surface area contributed by atoms with Crippen molar-refractivity contribution in [2.75, 3.05) is 6.61 Å². The minimum Gasteiger partial charge on any atom is -0.508 e. The van der Waals surface area contributed by atoms with E-state index in [0.29, 0.717) is 0 Å². The van der Waals surface area contributed by atoms with Crippen molar-refractivity contribution in [3.05, 3.63) is 29.3 Å². The standard InChI is InChI=1S/C10H14O2/c1-7-3-9(8(2)6-11)5-10(12)4-7/h3-5,8,11-12H,6H2,1-2H3. The SMILES string of the molecule is Cc1cc(O)cc(C(C)CO)c1. The molecule has 1 rings (SSSR count). The summed E-state index contributed by atoms with van der Waals surface area (Å²) in [5.74, 6) is 0.362. The molecule has 2 nitrogen and oxygen atoms in total. The number of phenols is 1. The van der Waals surface area contributed by atoms with Gasteiger partial charge in [0.25, 0.3) is 0 Å². The third-order valence-corrected chi connectivity index (χ3v) is 1.93. The van der Waals surface area contributed by atoms with E-state index in [1.807, 2.05) is 19.9 Å². The molecule has 0 aromatic heterocycles. The molecule has 2 N–H and O–H groups in total. The Hall–Kier alpha value is -1.02. The van der Waals surface area contributed by atoms with Crippen LogP contribution >= 0.6 is 0 Å². The molecule has 1 aromatic rings. The highest BCUT2D eigenvalue weighted by molar-refractivity contribution is 5.34. The van der Waals surface area contributed by atoms with E-state index >= 15 is 0 Å². The van der Waals surface area contributed by atoms with Crippen LogP contribution in [0.25, 0.3) is 0 Å². The molecule has 0 heterocycles. The summed E-state index contributed by atoms with van der Waals surface area (Å²) in [4.78, 5) is 0. The van der Waals surface area contributed by atoms with E-state index in [9.17, 15) is 5.11 Å². The number of aryl methyl sites for hydroxylation is 1. The van der Waals surface area contributed by atoms with Crippen molar-refractivity contribution in [2.45, 2.75) is 19.8 Å². The third kappa shape index (κ3) is 1.98. The van der Waals surface area contributed by atoms with E-state index in [0.717, 1.165) is 11.1 Å². The number of hydrogen-bond acceptors (Lipinski definition) is 2. The Morgan fingerprint density at radius 1 is 1.33 bits per heavy atom. The van der Waals surface area contributed by atoms with E-state index in [2.05, 4.69) is 0 Å². The molecule has 0 saturated carbocycles. The highest BCUT2D eigenvalue weighted by Gasteiger charge is 2.04. The van der Waals surface area contributed by atoms with E-state index in [4.69, 9.17) is 5.11 Å². The summed E-state index contributed by atoms with van der Waals surface area (Å²) in [7, 11) is 0. The zero-order valence-corrected chi connectivity index (χ0v) is 7.41. The maximum atomic E-state index is 9.26. The topological polar surface area (TPSA) is 40.5 Å². The van der Waals surface area contributed by atoms with Gasteiger partial charge in [0.2, 0.25) is 0 Å². The Bertz CT molecular complexity index is 248. The van der Waals surface area contributed by atoms with E-state index in [-0.39, 0.29) is 18.3 Å². The van der Waals surface area contributed by atoms with Crippen molar-refractivity contribution < 1.29 is 10.2 Å². The Morgan fingerprint density at radius 2 is 2.00 bits per heavy atom. The summed E-state index contributed by atoms with van der Waals surface area (Å²) < 4.78 is 0. The largest absolute Gasteiger partial charge is 0.508 e. The Morgan fingerprint density at radius 3 is 2.50 bits per heavy atom. The fraction of sp³-hybridized carbons (Fsp3) is 0.400. The van der Waals surface area contributed by atoms with Gasteiger partial charge in [-0.1, -0.05) is 13.0 Å². The zero-order chi connectivity index (χ0) is 9.14. The molecule has 1 aromatic carbocycles. The molecule has 0 spiro atoms. The van der Waals surface area contributed by atoms with Gasteiger partial charge >= 0.3 is 0 Å². The summed E-state index contributed by atoms with van der Waals surface area (Å²) in [5, 5.41) is 18.1. The van der Waals surface area contributed by atoms with Crippen LogP contribution in [0.2, 0.25) is 0 Å². The predicted octanol–water partition coefficient (Wildman–Crippen LogP) is 1.80. The van der Waals surface area contributed by atoms with Gasteiger partial charge in [-0.25, -0.2) is 0 Å². The monoisotopic (exact) mass is 166 g/mol. The highest BCUT2D eigenvalue weighted by atomic mass is 16.3. The normalized spacial score (nSPS) is 12.9. The van der Waals surface area contributed by atoms with Crippen LogP contribution in [-0.2, 0) is 0 Å². The zero-order valence-electron chi connectivity index (χ0n) is 7.41. The average molecular weight is 166 g/mol. The summed E-state index contributed by atoms with van der Waals surface area (Å²) in [6, 6.07) is 5.36. The molecule has 1 unspecified atom stereocenters. The molecule has 1 atom stereocenters. The van der Waals surface area contributed by atoms with Gasteiger partial charge in [-0.2, -0.15) is 0 Å². The number of benzene rings is 1. The number of aliphatic hydroxyl groups is 1. The maximum absolute atomic E-state index is 9.26. The number of hydrogen-bond donors (Lipinski definition) is 2. The quantitative estimate of drug-likeness (QED) is 0.703. The molecule has 0 amide bonds. The van der Waals surface area contributed by atoms with Crippen molar-refractivity contribution >= 4 is 0 Å². The molecule has 0 aliphatic carbocycles. The molecular weight excluding hydrogens is 152 g/mol. The minimum absolute atomic E-state index is 0.0933. The minimum atomic E-state index is 0.0933. The predicted molar refractivity (Wildman–Crippen MR) is 48.3 cm³/mol. The van der Waals surface area contributed by atoms with Gasteiger partial charge < -0.3 is 10.2 Å². The Labute approximate surface area is 72.5 Å². The lowest BCUT2D eigenvalue weighted by molar-refractivity contribution is 0.273. The molecule has 0 saturated heterocycles. The molecule has 0 radical (unpaired) electrons. The summed E-state index contributed by atoms with van der Waals surface area (Å²) in [6.07, 6.45) is 0. The second-order valence-electron chi connectivity index (χ2n) is 3.19. The summed E-state index contributed by atoms with van der Waals surface area (Å²) in [6.45, 7) is 3.96. The van der Waals surface area contributed by atoms with Crippen LogP contribution in [0, 0.1) is 6.92 Å². The van der Waals surface area contributed by atoms with E-state index < -0.39 is 0 Å². The highest BCUT2D eigenvalue weighted by Crippen LogP contribution is 2.21. The van der Waals surface area contributed by atoms with Crippen LogP contribution in [0.4, 0.5) is 0 Å². The van der Waals surface area contributed by atoms with Crippen LogP contribution in [0.5, 0.6) is 5.75 Å². The summed E-state index contributed by atoms with van der Waals surface area (Å²) >= 11 is 0. The molecule has 0 aliphatic heterocycles. The lowest BCUT2D eigenvalue weighted by Crippen LogP contribution is -1.98. The first kappa shape index (κ1) is 9.07. The van der Waals surface area contributed by atoms with Gasteiger partial charge in [0.1, 0.15) is 5.75 Å². The lowest BCUT2D eigenvalue weighted by Gasteiger charge is -2.09. The number of aliphatic hydroxyl groups excluding tert-OH is 1. The number of phenolic OH excluding ortho intramolecular Hbond substituents is 1. The second-order valence-corrected chi connectivity index (χ2v) is 3.19. The molecule has 0 bridgehead atoms. The average Bonchev–Trinajstić information content (AvgIpc) is 2.01. The molecule has 0 aliphatic rings. The fourth-order valence-electron chi connectivity index (χ4n) is 1.18. The third-order valence-electron chi connectivity index (χ3n) is 1.93. The first-order valence-electron chi connectivity index (χ1n) is 4.05. The van der Waals surface area contributed by atoms with Gasteiger partial charge in [-0.15, -0.1) is 0 Å². The van der Waals surface area contributed by atoms with Crippen molar-refractivity contribution in [1.82, 2.24) is 0 Å². The van der Waals surface area contributed by atoms with Gasteiger partial charge in [0.05, 0.1) is 0 Å². The van der Waals surface area contributed by atoms with Gasteiger partial charge in [0, 0.05) is 12.5 Å². The smallest absolute Gasteiger partial charge is 0.116 e. The van der Waals surface area contributed by atoms with E-state index in [1.165, 1.54) is 0 Å². The van der Waals surface area contributed by atoms with Crippen molar-refractivity contribution in [2.24, 2.45) is 0 Å². The van der Waals surface area contributed by atoms with Gasteiger partial charge in [-0.05, 0) is 30.2 Å². The first-order valence-corrected chi connectivity index (χ1v) is 4.05. The molecule has 12 heavy (non-hydrogen) atoms. The van der Waals surface area contributed by atoms with Crippen LogP contribution in [0.1, 0.15) is 24.0 Å². The van der Waals surface area contributed by atoms with Gasteiger partial charge in [-0.3, -0.25) is 0 Å². The molecule has 0 fully saturated rings. The molecule has 66 valence electrons. The molecular formula is C10H14O2. The fourth-order valence-corrected chi connectivity index (χ4v) is 1.18. The van der Waals surface area contributed by atoms with Crippen LogP contribution in [0.15, 0.2) is 18.2 Å². The first-order chi connectivity index (χ1) is 5.63. The second kappa shape index (κ2) is 3.59. The van der Waals surface area contributed by atoms with Gasteiger partial charge in [0.15, 0.2) is 0 Å². The summed E-state index contributed by atoms with van der Waals surface area (Å²) in [5.41, 5.74) is 2.00. The van der Waals surface area contributed by atoms with Crippen molar-refractivity contribution in [1.29, 1.82) is 0 Å². The van der Waals surface area contributed by atoms with Crippen molar-refractivity contribution in [3.8, 4) is 5.75 Å². The van der Waals surface area contributed by atoms with E-state index in [1.54, 1.807) is 12.1 Å². The van der Waals surface area contributed by atoms with Crippen LogP contribution in [-0.4, -0.2) is 16.8 Å². The Kier molecular flexibility index (Phi) is 2.71. The number of aromatic hydroxyl groups is 1.